The number of fused-ring (bicyclic) bond motifs is 1. The van der Waals surface area contributed by atoms with Crippen molar-refractivity contribution in [3.8, 4) is 11.8 Å². The van der Waals surface area contributed by atoms with Crippen LogP contribution in [0.25, 0.3) is 10.8 Å². The van der Waals surface area contributed by atoms with E-state index in [0.29, 0.717) is 11.1 Å². The Labute approximate surface area is 122 Å². The number of aromatic hydroxyl groups is 1. The van der Waals surface area contributed by atoms with Crippen molar-refractivity contribution in [2.24, 2.45) is 5.10 Å². The van der Waals surface area contributed by atoms with E-state index in [0.717, 1.165) is 17.4 Å². The largest absolute Gasteiger partial charge is 0.505 e. The number of nitriles is 1. The first kappa shape index (κ1) is 14.5. The zero-order valence-electron chi connectivity index (χ0n) is 11.8. The molecular formula is C16H15N3O2. The molecule has 0 saturated heterocycles. The van der Waals surface area contributed by atoms with E-state index in [-0.39, 0.29) is 11.5 Å². The van der Waals surface area contributed by atoms with Crippen LogP contribution in [-0.4, -0.2) is 16.6 Å². The summed E-state index contributed by atoms with van der Waals surface area (Å²) < 4.78 is 0. The predicted molar refractivity (Wildman–Crippen MR) is 82.3 cm³/mol. The molecule has 0 atom stereocenters. The predicted octanol–water partition coefficient (Wildman–Crippen LogP) is 2.99. The number of carbonyl (C=O) groups excluding carboxylic acids is 1. The van der Waals surface area contributed by atoms with Gasteiger partial charge in [-0.15, -0.1) is 0 Å². The van der Waals surface area contributed by atoms with Crippen LogP contribution in [0.5, 0.6) is 5.75 Å². The summed E-state index contributed by atoms with van der Waals surface area (Å²) in [5.74, 6) is -0.381. The van der Waals surface area contributed by atoms with Gasteiger partial charge in [0.05, 0.1) is 5.69 Å². The average molecular weight is 281 g/mol. The summed E-state index contributed by atoms with van der Waals surface area (Å²) in [6.07, 6.45) is 0.789. The fourth-order valence-corrected chi connectivity index (χ4v) is 2.11. The lowest BCUT2D eigenvalue weighted by molar-refractivity contribution is -0.110. The van der Waals surface area contributed by atoms with E-state index in [1.54, 1.807) is 12.1 Å². The molecule has 0 aliphatic carbocycles. The number of carbonyl (C=O) groups is 1. The van der Waals surface area contributed by atoms with E-state index in [2.05, 4.69) is 10.5 Å². The SMILES string of the molecule is CCc1cc(N/N=C(/C#N)C(C)=O)c(O)c2ccccc12. The molecule has 0 unspecified atom stereocenters. The molecule has 5 nitrogen and oxygen atoms in total. The minimum atomic E-state index is -0.430. The van der Waals surface area contributed by atoms with Gasteiger partial charge in [-0.1, -0.05) is 31.2 Å². The van der Waals surface area contributed by atoms with E-state index in [9.17, 15) is 9.90 Å². The van der Waals surface area contributed by atoms with E-state index in [1.807, 2.05) is 31.2 Å². The molecule has 2 aromatic rings. The third-order valence-corrected chi connectivity index (χ3v) is 3.21. The Bertz CT molecular complexity index is 773. The van der Waals surface area contributed by atoms with Crippen LogP contribution in [-0.2, 0) is 11.2 Å². The molecule has 21 heavy (non-hydrogen) atoms. The van der Waals surface area contributed by atoms with Gasteiger partial charge in [0, 0.05) is 12.3 Å². The summed E-state index contributed by atoms with van der Waals surface area (Å²) in [7, 11) is 0. The second-order valence-corrected chi connectivity index (χ2v) is 4.57. The number of benzene rings is 2. The molecule has 0 radical (unpaired) electrons. The number of Topliss-reactive ketones (excluding diaryl/α,β-unsaturated/α-hetero) is 1. The van der Waals surface area contributed by atoms with Gasteiger partial charge in [-0.2, -0.15) is 10.4 Å². The molecule has 0 bridgehead atoms. The number of phenols is 1. The lowest BCUT2D eigenvalue weighted by Crippen LogP contribution is -2.09. The van der Waals surface area contributed by atoms with Crippen molar-refractivity contribution < 1.29 is 9.90 Å². The van der Waals surface area contributed by atoms with Crippen LogP contribution in [0.15, 0.2) is 35.4 Å². The van der Waals surface area contributed by atoms with Gasteiger partial charge in [0.1, 0.15) is 11.8 Å². The number of nitrogens with one attached hydrogen (secondary N) is 1. The summed E-state index contributed by atoms with van der Waals surface area (Å²) in [4.78, 5) is 11.2. The molecule has 5 heteroatoms. The Morgan fingerprint density at radius 1 is 1.38 bits per heavy atom. The standard InChI is InChI=1S/C16H15N3O2/c1-3-11-8-14(18-19-15(9-17)10(2)20)16(21)13-7-5-4-6-12(11)13/h4-8,18,21H,3H2,1-2H3/b19-15-. The van der Waals surface area contributed by atoms with Gasteiger partial charge in [0.2, 0.25) is 5.71 Å². The number of hydrazone groups is 1. The lowest BCUT2D eigenvalue weighted by atomic mass is 10.0. The molecular weight excluding hydrogens is 266 g/mol. The molecule has 2 rings (SSSR count). The molecule has 0 aliphatic heterocycles. The molecule has 0 amide bonds. The molecule has 106 valence electrons. The summed E-state index contributed by atoms with van der Waals surface area (Å²) >= 11 is 0. The van der Waals surface area contributed by atoms with E-state index >= 15 is 0 Å². The Kier molecular flexibility index (Phi) is 4.19. The van der Waals surface area contributed by atoms with Crippen LogP contribution in [0.4, 0.5) is 5.69 Å². The summed E-state index contributed by atoms with van der Waals surface area (Å²) in [5.41, 5.74) is 3.79. The van der Waals surface area contributed by atoms with Crippen molar-refractivity contribution in [3.05, 3.63) is 35.9 Å². The van der Waals surface area contributed by atoms with Gasteiger partial charge in [-0.05, 0) is 23.4 Å². The molecule has 0 aliphatic rings. The number of rotatable bonds is 4. The van der Waals surface area contributed by atoms with Crippen molar-refractivity contribution in [1.29, 1.82) is 5.26 Å². The van der Waals surface area contributed by atoms with E-state index in [4.69, 9.17) is 5.26 Å². The van der Waals surface area contributed by atoms with Crippen LogP contribution >= 0.6 is 0 Å². The van der Waals surface area contributed by atoms with Crippen LogP contribution in [0, 0.1) is 11.3 Å². The van der Waals surface area contributed by atoms with E-state index < -0.39 is 5.78 Å². The molecule has 0 aromatic heterocycles. The van der Waals surface area contributed by atoms with Gasteiger partial charge in [0.25, 0.3) is 0 Å². The fourth-order valence-electron chi connectivity index (χ4n) is 2.11. The van der Waals surface area contributed by atoms with Gasteiger partial charge >= 0.3 is 0 Å². The number of aryl methyl sites for hydroxylation is 1. The average Bonchev–Trinajstić information content (AvgIpc) is 2.49. The first-order chi connectivity index (χ1) is 10.1. The highest BCUT2D eigenvalue weighted by molar-refractivity contribution is 6.45. The monoisotopic (exact) mass is 281 g/mol. The minimum absolute atomic E-state index is 0.0485. The van der Waals surface area contributed by atoms with Crippen LogP contribution < -0.4 is 5.43 Å². The highest BCUT2D eigenvalue weighted by atomic mass is 16.3. The third kappa shape index (κ3) is 2.84. The smallest absolute Gasteiger partial charge is 0.203 e. The topological polar surface area (TPSA) is 85.5 Å². The maximum absolute atomic E-state index is 11.2. The number of nitrogens with zero attached hydrogens (tertiary/aromatic N) is 2. The Balaban J connectivity index is 2.53. The maximum atomic E-state index is 11.2. The summed E-state index contributed by atoms with van der Waals surface area (Å²) in [6, 6.07) is 11.0. The number of ketones is 1. The minimum Gasteiger partial charge on any atom is -0.505 e. The number of hydrogen-bond acceptors (Lipinski definition) is 5. The first-order valence-electron chi connectivity index (χ1n) is 6.56. The molecule has 2 aromatic carbocycles. The van der Waals surface area contributed by atoms with Crippen LogP contribution in [0.3, 0.4) is 0 Å². The van der Waals surface area contributed by atoms with Crippen molar-refractivity contribution in [2.45, 2.75) is 20.3 Å². The second-order valence-electron chi connectivity index (χ2n) is 4.57. The highest BCUT2D eigenvalue weighted by Crippen LogP contribution is 2.35. The zero-order chi connectivity index (χ0) is 15.4. The van der Waals surface area contributed by atoms with Crippen molar-refractivity contribution in [3.63, 3.8) is 0 Å². The van der Waals surface area contributed by atoms with E-state index in [1.165, 1.54) is 6.92 Å². The molecule has 0 saturated carbocycles. The number of hydrogen-bond donors (Lipinski definition) is 2. The molecule has 0 spiro atoms. The normalized spacial score (nSPS) is 11.2. The Morgan fingerprint density at radius 3 is 2.62 bits per heavy atom. The number of phenolic OH excluding ortho intramolecular Hbond substituents is 1. The van der Waals surface area contributed by atoms with Crippen molar-refractivity contribution in [2.75, 3.05) is 5.43 Å². The van der Waals surface area contributed by atoms with Crippen molar-refractivity contribution in [1.82, 2.24) is 0 Å². The van der Waals surface area contributed by atoms with Gasteiger partial charge < -0.3 is 5.11 Å². The van der Waals surface area contributed by atoms with Crippen LogP contribution in [0.1, 0.15) is 19.4 Å². The number of anilines is 1. The van der Waals surface area contributed by atoms with Gasteiger partial charge in [0.15, 0.2) is 5.78 Å². The summed E-state index contributed by atoms with van der Waals surface area (Å²) in [5, 5.41) is 24.5. The third-order valence-electron chi connectivity index (χ3n) is 3.21. The molecule has 0 fully saturated rings. The highest BCUT2D eigenvalue weighted by Gasteiger charge is 2.11. The molecule has 0 heterocycles. The van der Waals surface area contributed by atoms with Gasteiger partial charge in [-0.25, -0.2) is 0 Å². The Hall–Kier alpha value is -2.87. The summed E-state index contributed by atoms with van der Waals surface area (Å²) in [6.45, 7) is 3.28. The van der Waals surface area contributed by atoms with Gasteiger partial charge in [-0.3, -0.25) is 10.2 Å². The maximum Gasteiger partial charge on any atom is 0.203 e. The second kappa shape index (κ2) is 6.06. The van der Waals surface area contributed by atoms with Crippen molar-refractivity contribution >= 4 is 28.0 Å². The zero-order valence-corrected chi connectivity index (χ0v) is 11.8. The fraction of sp³-hybridized carbons (Fsp3) is 0.188. The Morgan fingerprint density at radius 2 is 2.05 bits per heavy atom. The first-order valence-corrected chi connectivity index (χ1v) is 6.56. The quantitative estimate of drug-likeness (QED) is 0.512. The molecule has 2 N–H and O–H groups in total. The van der Waals surface area contributed by atoms with Crippen LogP contribution in [0.2, 0.25) is 0 Å². The lowest BCUT2D eigenvalue weighted by Gasteiger charge is -2.11.